The normalized spacial score (nSPS) is 14.7. The predicted octanol–water partition coefficient (Wildman–Crippen LogP) is 4.17. The van der Waals surface area contributed by atoms with Gasteiger partial charge in [0, 0.05) is 40.8 Å². The number of carbonyl (C=O) groups excluding carboxylic acids is 1. The summed E-state index contributed by atoms with van der Waals surface area (Å²) in [6.45, 7) is 0. The van der Waals surface area contributed by atoms with Crippen molar-refractivity contribution in [3.8, 4) is 40.1 Å². The molecule has 0 fully saturated rings. The van der Waals surface area contributed by atoms with Crippen molar-refractivity contribution < 1.29 is 33.6 Å². The lowest BCUT2D eigenvalue weighted by Crippen LogP contribution is -2.26. The number of rotatable bonds is 4. The van der Waals surface area contributed by atoms with Crippen LogP contribution in [0.25, 0.3) is 33.2 Å². The molecule has 5 aromatic rings. The third-order valence-electron chi connectivity index (χ3n) is 6.85. The van der Waals surface area contributed by atoms with E-state index in [-0.39, 0.29) is 51.5 Å². The number of phenols is 2. The summed E-state index contributed by atoms with van der Waals surface area (Å²) in [6, 6.07) is 13.7. The molecule has 0 bridgehead atoms. The highest BCUT2D eigenvalue weighted by molar-refractivity contribution is 5.93. The first-order chi connectivity index (χ1) is 18.8. The second kappa shape index (κ2) is 8.95. The van der Waals surface area contributed by atoms with Gasteiger partial charge in [-0.2, -0.15) is 0 Å². The van der Waals surface area contributed by atoms with Crippen LogP contribution in [0.2, 0.25) is 0 Å². The highest BCUT2D eigenvalue weighted by Gasteiger charge is 2.35. The summed E-state index contributed by atoms with van der Waals surface area (Å²) in [5.41, 5.74) is 0.412. The van der Waals surface area contributed by atoms with Crippen LogP contribution in [0.3, 0.4) is 0 Å². The van der Waals surface area contributed by atoms with E-state index in [1.54, 1.807) is 30.3 Å². The van der Waals surface area contributed by atoms with Crippen molar-refractivity contribution in [1.29, 1.82) is 0 Å². The van der Waals surface area contributed by atoms with Crippen LogP contribution in [0.1, 0.15) is 23.5 Å². The fraction of sp³-hybridized carbons (Fsp3) is 0.138. The van der Waals surface area contributed by atoms with Crippen molar-refractivity contribution in [2.75, 3.05) is 14.2 Å². The molecule has 1 aliphatic heterocycles. The van der Waals surface area contributed by atoms with E-state index in [2.05, 4.69) is 4.98 Å². The lowest BCUT2D eigenvalue weighted by Gasteiger charge is -2.25. The number of aromatic amines is 1. The Kier molecular flexibility index (Phi) is 5.53. The van der Waals surface area contributed by atoms with E-state index in [4.69, 9.17) is 18.6 Å². The molecule has 2 aromatic heterocycles. The van der Waals surface area contributed by atoms with E-state index in [0.717, 1.165) is 0 Å². The van der Waals surface area contributed by atoms with E-state index >= 15 is 0 Å². The maximum Gasteiger partial charge on any atom is 0.312 e. The third-order valence-corrected chi connectivity index (χ3v) is 6.85. The van der Waals surface area contributed by atoms with Crippen molar-refractivity contribution >= 4 is 27.8 Å². The number of pyridine rings is 1. The molecule has 10 heteroatoms. The number of fused-ring (bicyclic) bond motifs is 4. The molecule has 3 N–H and O–H groups in total. The lowest BCUT2D eigenvalue weighted by molar-refractivity contribution is -0.135. The van der Waals surface area contributed by atoms with Crippen LogP contribution in [0.5, 0.6) is 28.7 Å². The van der Waals surface area contributed by atoms with Gasteiger partial charge < -0.3 is 33.8 Å². The van der Waals surface area contributed by atoms with Crippen LogP contribution in [-0.2, 0) is 4.79 Å². The Balaban J connectivity index is 1.62. The predicted molar refractivity (Wildman–Crippen MR) is 141 cm³/mol. The van der Waals surface area contributed by atoms with Gasteiger partial charge in [-0.15, -0.1) is 0 Å². The molecule has 0 aliphatic carbocycles. The van der Waals surface area contributed by atoms with Gasteiger partial charge in [-0.3, -0.25) is 14.4 Å². The summed E-state index contributed by atoms with van der Waals surface area (Å²) < 4.78 is 21.9. The van der Waals surface area contributed by atoms with Crippen LogP contribution >= 0.6 is 0 Å². The first-order valence-electron chi connectivity index (χ1n) is 11.9. The number of H-pyrrole nitrogens is 1. The van der Waals surface area contributed by atoms with Crippen LogP contribution in [0.15, 0.2) is 68.6 Å². The van der Waals surface area contributed by atoms with Gasteiger partial charge in [0.25, 0.3) is 5.56 Å². The molecule has 1 aliphatic rings. The molecule has 0 saturated carbocycles. The van der Waals surface area contributed by atoms with E-state index in [0.29, 0.717) is 22.2 Å². The van der Waals surface area contributed by atoms with Crippen LogP contribution in [-0.4, -0.2) is 35.4 Å². The minimum Gasteiger partial charge on any atom is -0.507 e. The number of phenolic OH excluding ortho intramolecular Hbond substituents is 2. The topological polar surface area (TPSA) is 148 Å². The zero-order valence-corrected chi connectivity index (χ0v) is 20.7. The third kappa shape index (κ3) is 3.93. The molecule has 6 rings (SSSR count). The molecule has 1 unspecified atom stereocenters. The van der Waals surface area contributed by atoms with Crippen molar-refractivity contribution in [1.82, 2.24) is 4.98 Å². The van der Waals surface area contributed by atoms with Crippen molar-refractivity contribution in [2.45, 2.75) is 12.3 Å². The molecule has 0 radical (unpaired) electrons. The van der Waals surface area contributed by atoms with Crippen molar-refractivity contribution in [2.24, 2.45) is 0 Å². The average molecular weight is 527 g/mol. The molecule has 0 spiro atoms. The van der Waals surface area contributed by atoms with E-state index in [1.807, 2.05) is 0 Å². The average Bonchev–Trinajstić information content (AvgIpc) is 2.91. The Morgan fingerprint density at radius 2 is 1.74 bits per heavy atom. The second-order valence-electron chi connectivity index (χ2n) is 9.11. The van der Waals surface area contributed by atoms with Crippen molar-refractivity contribution in [3.05, 3.63) is 86.3 Å². The standard InChI is InChI=1S/C29H21NO9/c1-36-15-5-3-13-7-17(29(35)30-18(13)9-15)16-10-25(34)38-24-12-21(33)27-20(32)11-23(39-28(27)26(16)24)14-4-6-22(37-2)19(31)8-14/h3-9,11-12,16,31,33H,10H2,1-2H3,(H,30,35). The number of aromatic hydroxyl groups is 2. The number of benzene rings is 3. The molecule has 1 atom stereocenters. The van der Waals surface area contributed by atoms with E-state index in [1.165, 1.54) is 38.5 Å². The number of carbonyl (C=O) groups is 1. The molecular weight excluding hydrogens is 506 g/mol. The molecule has 0 saturated heterocycles. The van der Waals surface area contributed by atoms with E-state index in [9.17, 15) is 24.6 Å². The smallest absolute Gasteiger partial charge is 0.312 e. The summed E-state index contributed by atoms with van der Waals surface area (Å²) in [5, 5.41) is 21.5. The Morgan fingerprint density at radius 3 is 2.49 bits per heavy atom. The SMILES string of the molecule is COc1ccc2cc(C3CC(=O)Oc4cc(O)c5c(=O)cc(-c6ccc(OC)c(O)c6)oc5c43)c(=O)[nH]c2c1. The van der Waals surface area contributed by atoms with E-state index < -0.39 is 28.6 Å². The summed E-state index contributed by atoms with van der Waals surface area (Å²) in [4.78, 5) is 41.9. The number of ether oxygens (including phenoxy) is 3. The fourth-order valence-corrected chi connectivity index (χ4v) is 4.99. The molecule has 3 aromatic carbocycles. The van der Waals surface area contributed by atoms with Gasteiger partial charge in [-0.25, -0.2) is 0 Å². The molecule has 3 heterocycles. The van der Waals surface area contributed by atoms with Crippen LogP contribution in [0, 0.1) is 0 Å². The quantitative estimate of drug-likeness (QED) is 0.231. The number of nitrogens with one attached hydrogen (secondary N) is 1. The van der Waals surface area contributed by atoms with Gasteiger partial charge in [0.15, 0.2) is 16.9 Å². The van der Waals surface area contributed by atoms with Gasteiger partial charge in [-0.05, 0) is 41.8 Å². The fourth-order valence-electron chi connectivity index (χ4n) is 4.99. The molecule has 196 valence electrons. The maximum absolute atomic E-state index is 13.3. The largest absolute Gasteiger partial charge is 0.507 e. The molecule has 10 nitrogen and oxygen atoms in total. The van der Waals surface area contributed by atoms with Gasteiger partial charge in [0.2, 0.25) is 0 Å². The molecular formula is C29H21NO9. The summed E-state index contributed by atoms with van der Waals surface area (Å²) in [6.07, 6.45) is -0.200. The lowest BCUT2D eigenvalue weighted by atomic mass is 9.85. The zero-order chi connectivity index (χ0) is 27.4. The highest BCUT2D eigenvalue weighted by atomic mass is 16.5. The minimum absolute atomic E-state index is 0.0200. The number of methoxy groups -OCH3 is 2. The first-order valence-corrected chi connectivity index (χ1v) is 11.9. The van der Waals surface area contributed by atoms with Crippen LogP contribution < -0.4 is 25.2 Å². The number of aromatic nitrogens is 1. The second-order valence-corrected chi connectivity index (χ2v) is 9.11. The van der Waals surface area contributed by atoms with Gasteiger partial charge in [-0.1, -0.05) is 0 Å². The Bertz CT molecular complexity index is 1940. The van der Waals surface area contributed by atoms with Crippen molar-refractivity contribution in [3.63, 3.8) is 0 Å². The minimum atomic E-state index is -0.845. The summed E-state index contributed by atoms with van der Waals surface area (Å²) in [7, 11) is 2.93. The Labute approximate surface area is 219 Å². The molecule has 0 amide bonds. The zero-order valence-electron chi connectivity index (χ0n) is 20.7. The van der Waals surface area contributed by atoms with Gasteiger partial charge in [0.1, 0.15) is 34.0 Å². The monoisotopic (exact) mass is 527 g/mol. The summed E-state index contributed by atoms with van der Waals surface area (Å²) >= 11 is 0. The summed E-state index contributed by atoms with van der Waals surface area (Å²) in [5.74, 6) is -1.19. The number of esters is 1. The Morgan fingerprint density at radius 1 is 0.923 bits per heavy atom. The van der Waals surface area contributed by atoms with Gasteiger partial charge >= 0.3 is 5.97 Å². The Hall–Kier alpha value is -5.25. The number of hydrogen-bond donors (Lipinski definition) is 3. The molecule has 39 heavy (non-hydrogen) atoms. The van der Waals surface area contributed by atoms with Gasteiger partial charge in [0.05, 0.1) is 26.2 Å². The van der Waals surface area contributed by atoms with Crippen LogP contribution in [0.4, 0.5) is 0 Å². The highest BCUT2D eigenvalue weighted by Crippen LogP contribution is 2.46. The maximum atomic E-state index is 13.3. The first kappa shape index (κ1) is 24.1. The number of hydrogen-bond acceptors (Lipinski definition) is 9.